The summed E-state index contributed by atoms with van der Waals surface area (Å²) < 4.78 is 15.0. The van der Waals surface area contributed by atoms with Gasteiger partial charge in [-0.3, -0.25) is 9.36 Å². The molecule has 0 aliphatic carbocycles. The molecule has 0 saturated carbocycles. The Bertz CT molecular complexity index is 934. The molecule has 1 amide bonds. The predicted octanol–water partition coefficient (Wildman–Crippen LogP) is 4.83. The van der Waals surface area contributed by atoms with E-state index < -0.39 is 0 Å². The lowest BCUT2D eigenvalue weighted by molar-refractivity contribution is 0.102. The minimum absolute atomic E-state index is 0.271. The number of nitrogens with zero attached hydrogens (tertiary/aromatic N) is 3. The zero-order valence-electron chi connectivity index (χ0n) is 16.1. The molecule has 7 heteroatoms. The van der Waals surface area contributed by atoms with E-state index in [1.807, 2.05) is 30.5 Å². The van der Waals surface area contributed by atoms with Gasteiger partial charge in [-0.15, -0.1) is 0 Å². The molecule has 0 aliphatic heterocycles. The van der Waals surface area contributed by atoms with Crippen LogP contribution in [-0.4, -0.2) is 34.8 Å². The average Bonchev–Trinajstić information content (AvgIpc) is 3.15. The highest BCUT2D eigenvalue weighted by molar-refractivity contribution is 7.98. The van der Waals surface area contributed by atoms with E-state index in [0.29, 0.717) is 22.2 Å². The summed E-state index contributed by atoms with van der Waals surface area (Å²) in [4.78, 5) is 19.4. The molecule has 28 heavy (non-hydrogen) atoms. The zero-order chi connectivity index (χ0) is 20.1. The van der Waals surface area contributed by atoms with Crippen molar-refractivity contribution in [3.8, 4) is 5.69 Å². The number of anilines is 2. The van der Waals surface area contributed by atoms with Crippen LogP contribution in [0.4, 0.5) is 15.8 Å². The van der Waals surface area contributed by atoms with Gasteiger partial charge in [0.2, 0.25) is 0 Å². The molecule has 146 valence electrons. The van der Waals surface area contributed by atoms with E-state index in [4.69, 9.17) is 0 Å². The van der Waals surface area contributed by atoms with Crippen molar-refractivity contribution in [1.29, 1.82) is 0 Å². The molecule has 0 bridgehead atoms. The summed E-state index contributed by atoms with van der Waals surface area (Å²) in [6, 6.07) is 13.8. The number of carbonyl (C=O) groups excluding carboxylic acids is 1. The third-order valence-corrected chi connectivity index (χ3v) is 5.14. The molecule has 5 nitrogen and oxygen atoms in total. The Balaban J connectivity index is 1.85. The molecule has 3 rings (SSSR count). The van der Waals surface area contributed by atoms with E-state index >= 15 is 0 Å². The number of benzene rings is 2. The van der Waals surface area contributed by atoms with Gasteiger partial charge in [-0.25, -0.2) is 9.37 Å². The van der Waals surface area contributed by atoms with Gasteiger partial charge in [0.15, 0.2) is 5.16 Å². The van der Waals surface area contributed by atoms with E-state index in [1.54, 1.807) is 16.7 Å². The molecular formula is C21H23FN4OS. The van der Waals surface area contributed by atoms with E-state index in [9.17, 15) is 9.18 Å². The van der Waals surface area contributed by atoms with Crippen LogP contribution in [0.15, 0.2) is 59.9 Å². The van der Waals surface area contributed by atoms with Crippen LogP contribution < -0.4 is 10.2 Å². The topological polar surface area (TPSA) is 50.2 Å². The third kappa shape index (κ3) is 4.20. The van der Waals surface area contributed by atoms with Crippen LogP contribution in [0.3, 0.4) is 0 Å². The second-order valence-electron chi connectivity index (χ2n) is 6.12. The average molecular weight is 399 g/mol. The SMILES string of the molecule is CCN(CC)c1ccc(NC(=O)c2cnc(SC)n2-c2ccc(F)cc2)cc1. The largest absolute Gasteiger partial charge is 0.372 e. The Kier molecular flexibility index (Phi) is 6.36. The first-order valence-corrected chi connectivity index (χ1v) is 10.3. The van der Waals surface area contributed by atoms with Crippen LogP contribution in [0, 0.1) is 5.82 Å². The second-order valence-corrected chi connectivity index (χ2v) is 6.89. The Morgan fingerprint density at radius 2 is 1.75 bits per heavy atom. The van der Waals surface area contributed by atoms with E-state index in [1.165, 1.54) is 30.1 Å². The lowest BCUT2D eigenvalue weighted by Gasteiger charge is -2.21. The lowest BCUT2D eigenvalue weighted by Crippen LogP contribution is -2.21. The fraction of sp³-hybridized carbons (Fsp3) is 0.238. The molecule has 0 saturated heterocycles. The van der Waals surface area contributed by atoms with Crippen molar-refractivity contribution >= 4 is 29.0 Å². The van der Waals surface area contributed by atoms with E-state index in [0.717, 1.165) is 18.8 Å². The molecule has 0 unspecified atom stereocenters. The molecule has 2 aromatic carbocycles. The highest BCUT2D eigenvalue weighted by Gasteiger charge is 2.18. The first-order chi connectivity index (χ1) is 13.6. The lowest BCUT2D eigenvalue weighted by atomic mass is 10.2. The molecule has 0 aliphatic rings. The van der Waals surface area contributed by atoms with E-state index in [2.05, 4.69) is 29.0 Å². The monoisotopic (exact) mass is 398 g/mol. The van der Waals surface area contributed by atoms with Gasteiger partial charge in [0.25, 0.3) is 5.91 Å². The Labute approximate surface area is 168 Å². The number of nitrogens with one attached hydrogen (secondary N) is 1. The maximum Gasteiger partial charge on any atom is 0.274 e. The summed E-state index contributed by atoms with van der Waals surface area (Å²) in [5, 5.41) is 3.58. The van der Waals surface area contributed by atoms with Crippen molar-refractivity contribution in [3.63, 3.8) is 0 Å². The highest BCUT2D eigenvalue weighted by Crippen LogP contribution is 2.23. The summed E-state index contributed by atoms with van der Waals surface area (Å²) in [6.07, 6.45) is 3.42. The van der Waals surface area contributed by atoms with Gasteiger partial charge in [-0.2, -0.15) is 0 Å². The van der Waals surface area contributed by atoms with Crippen LogP contribution in [0.2, 0.25) is 0 Å². The fourth-order valence-corrected chi connectivity index (χ4v) is 3.56. The summed E-state index contributed by atoms with van der Waals surface area (Å²) >= 11 is 1.42. The zero-order valence-corrected chi connectivity index (χ0v) is 17.0. The van der Waals surface area contributed by atoms with Crippen LogP contribution in [0.1, 0.15) is 24.3 Å². The number of amides is 1. The van der Waals surface area contributed by atoms with Crippen molar-refractivity contribution in [1.82, 2.24) is 9.55 Å². The normalized spacial score (nSPS) is 10.7. The number of halogens is 1. The van der Waals surface area contributed by atoms with Gasteiger partial charge >= 0.3 is 0 Å². The summed E-state index contributed by atoms with van der Waals surface area (Å²) in [5.41, 5.74) is 2.90. The number of imidazole rings is 1. The van der Waals surface area contributed by atoms with Gasteiger partial charge in [-0.05, 0) is 68.6 Å². The van der Waals surface area contributed by atoms with Crippen molar-refractivity contribution in [3.05, 3.63) is 66.2 Å². The summed E-state index contributed by atoms with van der Waals surface area (Å²) in [5.74, 6) is -0.596. The first-order valence-electron chi connectivity index (χ1n) is 9.11. The van der Waals surface area contributed by atoms with Crippen LogP contribution >= 0.6 is 11.8 Å². The maximum absolute atomic E-state index is 13.3. The Hall–Kier alpha value is -2.80. The number of carbonyl (C=O) groups is 1. The van der Waals surface area contributed by atoms with Gasteiger partial charge in [0.05, 0.1) is 6.20 Å². The van der Waals surface area contributed by atoms with Crippen LogP contribution in [-0.2, 0) is 0 Å². The van der Waals surface area contributed by atoms with E-state index in [-0.39, 0.29) is 11.7 Å². The van der Waals surface area contributed by atoms with Crippen molar-refractivity contribution < 1.29 is 9.18 Å². The molecule has 0 atom stereocenters. The predicted molar refractivity (Wildman–Crippen MR) is 113 cm³/mol. The smallest absolute Gasteiger partial charge is 0.274 e. The molecule has 0 fully saturated rings. The second kappa shape index (κ2) is 8.93. The Morgan fingerprint density at radius 1 is 1.11 bits per heavy atom. The third-order valence-electron chi connectivity index (χ3n) is 4.48. The summed E-state index contributed by atoms with van der Waals surface area (Å²) in [7, 11) is 0. The summed E-state index contributed by atoms with van der Waals surface area (Å²) in [6.45, 7) is 6.07. The van der Waals surface area contributed by atoms with Crippen molar-refractivity contribution in [2.45, 2.75) is 19.0 Å². The standard InChI is InChI=1S/C21H23FN4OS/c1-4-25(5-2)17-12-8-16(9-13-17)24-20(27)19-14-23-21(28-3)26(19)18-10-6-15(22)7-11-18/h6-14H,4-5H2,1-3H3,(H,24,27). The molecule has 1 heterocycles. The highest BCUT2D eigenvalue weighted by atomic mass is 32.2. The van der Waals surface area contributed by atoms with Crippen molar-refractivity contribution in [2.24, 2.45) is 0 Å². The van der Waals surface area contributed by atoms with Crippen LogP contribution in [0.5, 0.6) is 0 Å². The minimum atomic E-state index is -0.325. The number of thioether (sulfide) groups is 1. The number of hydrogen-bond donors (Lipinski definition) is 1. The minimum Gasteiger partial charge on any atom is -0.372 e. The van der Waals surface area contributed by atoms with Crippen molar-refractivity contribution in [2.75, 3.05) is 29.6 Å². The Morgan fingerprint density at radius 3 is 2.32 bits per heavy atom. The van der Waals surface area contributed by atoms with Gasteiger partial charge in [-0.1, -0.05) is 11.8 Å². The fourth-order valence-electron chi connectivity index (χ4n) is 3.02. The molecule has 0 radical (unpaired) electrons. The molecule has 3 aromatic rings. The molecule has 0 spiro atoms. The number of aromatic nitrogens is 2. The van der Waals surface area contributed by atoms with Crippen LogP contribution in [0.25, 0.3) is 5.69 Å². The number of hydrogen-bond acceptors (Lipinski definition) is 4. The first kappa shape index (κ1) is 19.9. The van der Waals surface area contributed by atoms with Gasteiger partial charge in [0.1, 0.15) is 11.5 Å². The van der Waals surface area contributed by atoms with Gasteiger partial charge in [0, 0.05) is 30.2 Å². The molecule has 1 aromatic heterocycles. The quantitative estimate of drug-likeness (QED) is 0.579. The maximum atomic E-state index is 13.3. The van der Waals surface area contributed by atoms with Gasteiger partial charge < -0.3 is 10.2 Å². The number of rotatable bonds is 7. The molecular weight excluding hydrogens is 375 g/mol. The molecule has 1 N–H and O–H groups in total.